The number of aliphatic hydroxyl groups excluding tert-OH is 1. The molecule has 3 fully saturated rings. The van der Waals surface area contributed by atoms with Crippen LogP contribution in [0.15, 0.2) is 0 Å². The van der Waals surface area contributed by atoms with Crippen molar-refractivity contribution in [2.24, 2.45) is 0 Å². The minimum atomic E-state index is -2.31. The van der Waals surface area contributed by atoms with E-state index in [4.69, 9.17) is 5.11 Å². The molecule has 0 spiro atoms. The summed E-state index contributed by atoms with van der Waals surface area (Å²) in [5, 5.41) is 19.3. The molecule has 3 rings (SSSR count). The molecule has 3 heterocycles. The van der Waals surface area contributed by atoms with Gasteiger partial charge in [0, 0.05) is 62.5 Å². The number of carbonyl (C=O) groups is 1. The monoisotopic (exact) mass is 582 g/mol. The maximum Gasteiger partial charge on any atom is 0.260 e. The number of fused-ring (bicyclic) bond motifs is 3. The standard InChI is InChI=1S/C16H46O2Si9.C3H8O/c1-19(2,3)27-23(10,11)20(4,5)26(16(17)18,21(6,7)24(27,12)13)22(8,9)25(27,14)15;1-3(2)4/h1-15H3,(H,17,18);3-4H,1-2H3. The van der Waals surface area contributed by atoms with Gasteiger partial charge in [-0.2, -0.15) is 0 Å². The molecule has 184 valence electrons. The van der Waals surface area contributed by atoms with Gasteiger partial charge in [-0.15, -0.1) is 0 Å². The zero-order valence-corrected chi connectivity index (χ0v) is 32.9. The molecule has 3 saturated heterocycles. The predicted octanol–water partition coefficient (Wildman–Crippen LogP) is 5.93. The molecule has 0 radical (unpaired) electrons. The van der Waals surface area contributed by atoms with Gasteiger partial charge in [-0.1, -0.05) is 98.2 Å². The number of hydrogen-bond acceptors (Lipinski definition) is 2. The van der Waals surface area contributed by atoms with Crippen LogP contribution in [-0.4, -0.2) is 84.9 Å². The first-order chi connectivity index (χ1) is 13.2. The highest BCUT2D eigenvalue weighted by molar-refractivity contribution is 8.43. The maximum atomic E-state index is 13.7. The Kier molecular flexibility index (Phi) is 7.54. The van der Waals surface area contributed by atoms with Crippen LogP contribution in [-0.2, 0) is 0 Å². The fourth-order valence-electron chi connectivity index (χ4n) is 11.1. The lowest BCUT2D eigenvalue weighted by atomic mass is 10.5. The first-order valence-corrected chi connectivity index (χ1v) is 47.6. The van der Waals surface area contributed by atoms with E-state index in [1.54, 1.807) is 13.8 Å². The summed E-state index contributed by atoms with van der Waals surface area (Å²) in [5.74, 6) is 0. The van der Waals surface area contributed by atoms with Crippen molar-refractivity contribution in [1.82, 2.24) is 0 Å². The van der Waals surface area contributed by atoms with Crippen molar-refractivity contribution in [3.8, 4) is 0 Å². The average Bonchev–Trinajstić information content (AvgIpc) is 2.40. The van der Waals surface area contributed by atoms with Gasteiger partial charge in [0.1, 0.15) is 0 Å². The third-order valence-electron chi connectivity index (χ3n) is 11.8. The average molecular weight is 583 g/mol. The van der Waals surface area contributed by atoms with Crippen LogP contribution < -0.4 is 0 Å². The first-order valence-electron chi connectivity index (χ1n) is 12.1. The summed E-state index contributed by atoms with van der Waals surface area (Å²) in [5.41, 5.74) is -0.160. The molecule has 0 aromatic carbocycles. The van der Waals surface area contributed by atoms with Crippen LogP contribution in [0, 0.1) is 0 Å². The van der Waals surface area contributed by atoms with Crippen molar-refractivity contribution in [3.63, 3.8) is 0 Å². The van der Waals surface area contributed by atoms with Crippen molar-refractivity contribution < 1.29 is 15.0 Å². The van der Waals surface area contributed by atoms with Crippen molar-refractivity contribution in [2.75, 3.05) is 0 Å². The van der Waals surface area contributed by atoms with Gasteiger partial charge < -0.3 is 10.2 Å². The summed E-state index contributed by atoms with van der Waals surface area (Å²) < 4.78 is 0. The smallest absolute Gasteiger partial charge is 0.260 e. The Bertz CT molecular complexity index is 674. The topological polar surface area (TPSA) is 57.5 Å². The van der Waals surface area contributed by atoms with Crippen LogP contribution in [0.2, 0.25) is 98.2 Å². The first kappa shape index (κ1) is 30.4. The van der Waals surface area contributed by atoms with Crippen molar-refractivity contribution in [1.29, 1.82) is 0 Å². The molecule has 3 aliphatic rings. The summed E-state index contributed by atoms with van der Waals surface area (Å²) >= 11 is 0. The van der Waals surface area contributed by atoms with E-state index in [-0.39, 0.29) is 11.7 Å². The molecular weight excluding hydrogens is 529 g/mol. The van der Waals surface area contributed by atoms with Crippen LogP contribution in [0.4, 0.5) is 4.79 Å². The van der Waals surface area contributed by atoms with Gasteiger partial charge in [-0.25, -0.2) is 0 Å². The maximum absolute atomic E-state index is 13.7. The summed E-state index contributed by atoms with van der Waals surface area (Å²) in [4.78, 5) is 13.7. The molecule has 0 aromatic rings. The zero-order valence-electron chi connectivity index (χ0n) is 23.9. The molecule has 3 nitrogen and oxygen atoms in total. The SMILES string of the molecule is CC(C)O.C[Si](C)(C)[Si]12[Si](C)(C)[Si](C)(C)[Si](C(=O)O)([Si](C)(C)[Si]1(C)C)[Si](C)(C)[Si]2(C)C. The van der Waals surface area contributed by atoms with E-state index in [0.717, 1.165) is 0 Å². The number of rotatable bonds is 2. The second kappa shape index (κ2) is 7.69. The molecule has 12 heteroatoms. The summed E-state index contributed by atoms with van der Waals surface area (Å²) in [6.07, 6.45) is -1.63. The summed E-state index contributed by atoms with van der Waals surface area (Å²) in [6.45, 7) is 42.4. The molecule has 0 unspecified atom stereocenters. The Morgan fingerprint density at radius 2 is 0.806 bits per heavy atom. The Morgan fingerprint density at radius 1 is 0.613 bits per heavy atom. The molecular formula is C19H54O3Si9. The lowest BCUT2D eigenvalue weighted by molar-refractivity contribution is 0.215. The molecule has 31 heavy (non-hydrogen) atoms. The van der Waals surface area contributed by atoms with Gasteiger partial charge >= 0.3 is 0 Å². The molecule has 2 bridgehead atoms. The fourth-order valence-corrected chi connectivity index (χ4v) is 648. The van der Waals surface area contributed by atoms with E-state index in [1.165, 1.54) is 0 Å². The highest BCUT2D eigenvalue weighted by Crippen LogP contribution is 2.65. The van der Waals surface area contributed by atoms with E-state index in [1.807, 2.05) is 0 Å². The van der Waals surface area contributed by atoms with Crippen LogP contribution in [0.1, 0.15) is 13.8 Å². The van der Waals surface area contributed by atoms with Crippen LogP contribution in [0.5, 0.6) is 0 Å². The van der Waals surface area contributed by atoms with Gasteiger partial charge in [-0.05, 0) is 13.8 Å². The quantitative estimate of drug-likeness (QED) is 0.397. The zero-order chi connectivity index (χ0) is 25.7. The second-order valence-corrected chi connectivity index (χ2v) is 130. The van der Waals surface area contributed by atoms with E-state index in [2.05, 4.69) is 98.2 Å². The van der Waals surface area contributed by atoms with E-state index in [9.17, 15) is 9.90 Å². The summed E-state index contributed by atoms with van der Waals surface area (Å²) in [7, 11) is -11.3. The van der Waals surface area contributed by atoms with Crippen LogP contribution >= 0.6 is 0 Å². The Morgan fingerprint density at radius 3 is 0.935 bits per heavy atom. The van der Waals surface area contributed by atoms with E-state index in [0.29, 0.717) is 0 Å². The van der Waals surface area contributed by atoms with E-state index < -0.39 is 63.0 Å². The molecule has 0 aromatic heterocycles. The Hall–Kier alpha value is 1.38. The highest BCUT2D eigenvalue weighted by Gasteiger charge is 2.97. The Balaban J connectivity index is 0.00000110. The molecule has 0 saturated carbocycles. The molecule has 2 N–H and O–H groups in total. The molecule has 0 aliphatic carbocycles. The number of hydrogen-bond donors (Lipinski definition) is 2. The normalized spacial score (nSPS) is 35.8. The summed E-state index contributed by atoms with van der Waals surface area (Å²) in [6, 6.07) is 0. The largest absolute Gasteiger partial charge is 0.486 e. The minimum absolute atomic E-state index is 0.160. The third kappa shape index (κ3) is 2.86. The second-order valence-electron chi connectivity index (χ2n) is 14.9. The third-order valence-corrected chi connectivity index (χ3v) is 305. The molecule has 3 aliphatic heterocycles. The number of carboxylic acid groups (broad SMARTS) is 1. The molecule has 0 amide bonds. The predicted molar refractivity (Wildman–Crippen MR) is 165 cm³/mol. The van der Waals surface area contributed by atoms with Gasteiger partial charge in [0.15, 0.2) is 6.63 Å². The van der Waals surface area contributed by atoms with Gasteiger partial charge in [0.25, 0.3) is 5.59 Å². The van der Waals surface area contributed by atoms with E-state index >= 15 is 0 Å². The van der Waals surface area contributed by atoms with Gasteiger partial charge in [0.2, 0.25) is 0 Å². The lowest BCUT2D eigenvalue weighted by Crippen LogP contribution is -3.22. The van der Waals surface area contributed by atoms with Crippen LogP contribution in [0.3, 0.4) is 0 Å². The minimum Gasteiger partial charge on any atom is -0.486 e. The Labute approximate surface area is 200 Å². The van der Waals surface area contributed by atoms with Crippen molar-refractivity contribution in [2.45, 2.75) is 118 Å². The van der Waals surface area contributed by atoms with Gasteiger partial charge in [0.05, 0.1) is 0 Å². The van der Waals surface area contributed by atoms with Crippen molar-refractivity contribution in [3.05, 3.63) is 0 Å². The van der Waals surface area contributed by atoms with Gasteiger partial charge in [-0.3, -0.25) is 4.79 Å². The van der Waals surface area contributed by atoms with Crippen LogP contribution in [0.25, 0.3) is 0 Å². The fraction of sp³-hybridized carbons (Fsp3) is 0.947. The highest BCUT2D eigenvalue weighted by atomic mass is 30.6. The number of aliphatic hydroxyl groups is 1. The van der Waals surface area contributed by atoms with Crippen molar-refractivity contribution >= 4 is 68.6 Å². The molecule has 0 atom stereocenters. The lowest BCUT2D eigenvalue weighted by Gasteiger charge is -2.88.